The quantitative estimate of drug-likeness (QED) is 0.284. The van der Waals surface area contributed by atoms with Gasteiger partial charge in [-0.1, -0.05) is 25.7 Å². The Hall–Kier alpha value is -1.75. The fourth-order valence-electron chi connectivity index (χ4n) is 0.655. The van der Waals surface area contributed by atoms with E-state index in [4.69, 9.17) is 0 Å². The van der Waals surface area contributed by atoms with Crippen LogP contribution >= 0.6 is 0 Å². The lowest BCUT2D eigenvalue weighted by molar-refractivity contribution is -0.135. The van der Waals surface area contributed by atoms with Crippen molar-refractivity contribution in [2.45, 2.75) is 6.92 Å². The first-order valence-electron chi connectivity index (χ1n) is 3.63. The smallest absolute Gasteiger partial charge is 0.337 e. The number of carbonyl (C=O) groups excluding carboxylic acids is 1. The van der Waals surface area contributed by atoms with E-state index in [1.807, 2.05) is 0 Å². The highest BCUT2D eigenvalue weighted by Gasteiger charge is 2.11. The standard InChI is InChI=1S/C11H12O2/c1-6-7-8(2)9(3)10(4)11(12)13-5/h2-4H2,1,5H3. The highest BCUT2D eigenvalue weighted by Crippen LogP contribution is 2.14. The molecule has 0 aromatic carbocycles. The molecular formula is C11H12O2. The van der Waals surface area contributed by atoms with Gasteiger partial charge in [0.2, 0.25) is 0 Å². The number of methoxy groups -OCH3 is 1. The molecule has 13 heavy (non-hydrogen) atoms. The van der Waals surface area contributed by atoms with Crippen LogP contribution in [0.25, 0.3) is 0 Å². The molecule has 0 amide bonds. The predicted octanol–water partition coefficient (Wildman–Crippen LogP) is 1.85. The molecule has 0 fully saturated rings. The van der Waals surface area contributed by atoms with E-state index in [1.165, 1.54) is 7.11 Å². The fourth-order valence-corrected chi connectivity index (χ4v) is 0.655. The summed E-state index contributed by atoms with van der Waals surface area (Å²) >= 11 is 0. The Morgan fingerprint density at radius 2 is 1.77 bits per heavy atom. The van der Waals surface area contributed by atoms with E-state index < -0.39 is 5.97 Å². The molecule has 2 heteroatoms. The third-order valence-corrected chi connectivity index (χ3v) is 1.44. The van der Waals surface area contributed by atoms with Crippen molar-refractivity contribution in [1.82, 2.24) is 0 Å². The molecule has 0 rings (SSSR count). The van der Waals surface area contributed by atoms with Crippen LogP contribution in [0, 0.1) is 11.8 Å². The average molecular weight is 176 g/mol. The van der Waals surface area contributed by atoms with Gasteiger partial charge in [-0.3, -0.25) is 0 Å². The average Bonchev–Trinajstić information content (AvgIpc) is 2.14. The molecule has 0 aliphatic heterocycles. The Morgan fingerprint density at radius 1 is 1.23 bits per heavy atom. The van der Waals surface area contributed by atoms with Crippen molar-refractivity contribution in [1.29, 1.82) is 0 Å². The van der Waals surface area contributed by atoms with E-state index in [2.05, 4.69) is 36.3 Å². The lowest BCUT2D eigenvalue weighted by Crippen LogP contribution is -2.06. The summed E-state index contributed by atoms with van der Waals surface area (Å²) in [5.41, 5.74) is 1.09. The monoisotopic (exact) mass is 176 g/mol. The van der Waals surface area contributed by atoms with Crippen molar-refractivity contribution < 1.29 is 9.53 Å². The van der Waals surface area contributed by atoms with Gasteiger partial charge in [-0.15, -0.1) is 5.92 Å². The predicted molar refractivity (Wildman–Crippen MR) is 52.9 cm³/mol. The molecule has 0 aliphatic rings. The molecule has 0 radical (unpaired) electrons. The van der Waals surface area contributed by atoms with Gasteiger partial charge >= 0.3 is 5.97 Å². The Balaban J connectivity index is 4.60. The molecule has 0 unspecified atom stereocenters. The molecule has 0 atom stereocenters. The lowest BCUT2D eigenvalue weighted by Gasteiger charge is -2.04. The Kier molecular flexibility index (Phi) is 4.32. The van der Waals surface area contributed by atoms with Crippen molar-refractivity contribution >= 4 is 5.97 Å². The van der Waals surface area contributed by atoms with E-state index in [0.29, 0.717) is 11.1 Å². The first-order chi connectivity index (χ1) is 6.04. The van der Waals surface area contributed by atoms with Crippen LogP contribution in [0.3, 0.4) is 0 Å². The molecule has 0 aliphatic carbocycles. The van der Waals surface area contributed by atoms with Crippen LogP contribution in [0.2, 0.25) is 0 Å². The largest absolute Gasteiger partial charge is 0.465 e. The van der Waals surface area contributed by atoms with Crippen molar-refractivity contribution in [3.05, 3.63) is 36.5 Å². The van der Waals surface area contributed by atoms with Gasteiger partial charge in [-0.25, -0.2) is 4.79 Å². The number of rotatable bonds is 3. The van der Waals surface area contributed by atoms with Crippen LogP contribution in [0.4, 0.5) is 0 Å². The first kappa shape index (κ1) is 11.2. The third-order valence-electron chi connectivity index (χ3n) is 1.44. The van der Waals surface area contributed by atoms with Gasteiger partial charge in [0, 0.05) is 5.57 Å². The van der Waals surface area contributed by atoms with E-state index in [1.54, 1.807) is 6.92 Å². The maximum Gasteiger partial charge on any atom is 0.337 e. The topological polar surface area (TPSA) is 26.3 Å². The Morgan fingerprint density at radius 3 is 2.15 bits per heavy atom. The van der Waals surface area contributed by atoms with Gasteiger partial charge in [0.25, 0.3) is 0 Å². The maximum atomic E-state index is 11.0. The zero-order valence-electron chi connectivity index (χ0n) is 7.94. The summed E-state index contributed by atoms with van der Waals surface area (Å²) in [7, 11) is 1.29. The zero-order chi connectivity index (χ0) is 10.4. The number of ether oxygens (including phenoxy) is 1. The van der Waals surface area contributed by atoms with Crippen molar-refractivity contribution in [2.75, 3.05) is 7.11 Å². The third kappa shape index (κ3) is 3.00. The maximum absolute atomic E-state index is 11.0. The van der Waals surface area contributed by atoms with Crippen LogP contribution in [-0.4, -0.2) is 13.1 Å². The summed E-state index contributed by atoms with van der Waals surface area (Å²) in [6, 6.07) is 0. The molecule has 0 saturated carbocycles. The second-order valence-electron chi connectivity index (χ2n) is 2.30. The van der Waals surface area contributed by atoms with E-state index in [9.17, 15) is 4.79 Å². The second kappa shape index (κ2) is 5.00. The summed E-state index contributed by atoms with van der Waals surface area (Å²) in [6.45, 7) is 12.5. The van der Waals surface area contributed by atoms with Gasteiger partial charge in [0.15, 0.2) is 0 Å². The number of hydrogen-bond acceptors (Lipinski definition) is 2. The normalized spacial score (nSPS) is 7.85. The van der Waals surface area contributed by atoms with Gasteiger partial charge < -0.3 is 4.74 Å². The van der Waals surface area contributed by atoms with Gasteiger partial charge in [-0.2, -0.15) is 0 Å². The van der Waals surface area contributed by atoms with Gasteiger partial charge in [0.05, 0.1) is 12.7 Å². The number of carbonyl (C=O) groups is 1. The number of allylic oxidation sites excluding steroid dienone is 1. The van der Waals surface area contributed by atoms with Crippen LogP contribution in [0.1, 0.15) is 6.92 Å². The minimum Gasteiger partial charge on any atom is -0.465 e. The van der Waals surface area contributed by atoms with Crippen molar-refractivity contribution in [2.24, 2.45) is 0 Å². The molecule has 0 aromatic heterocycles. The lowest BCUT2D eigenvalue weighted by atomic mass is 10.0. The minimum absolute atomic E-state index is 0.190. The number of esters is 1. The molecular weight excluding hydrogens is 164 g/mol. The van der Waals surface area contributed by atoms with E-state index >= 15 is 0 Å². The fraction of sp³-hybridized carbons (Fsp3) is 0.182. The van der Waals surface area contributed by atoms with Gasteiger partial charge in [-0.05, 0) is 12.5 Å². The van der Waals surface area contributed by atoms with E-state index in [0.717, 1.165) is 0 Å². The number of hydrogen-bond donors (Lipinski definition) is 0. The Bertz CT molecular complexity index is 324. The zero-order valence-corrected chi connectivity index (χ0v) is 7.94. The van der Waals surface area contributed by atoms with E-state index in [-0.39, 0.29) is 5.57 Å². The SMILES string of the molecule is C=C(C#CC)C(=C)C(=C)C(=O)OC. The van der Waals surface area contributed by atoms with Crippen LogP contribution in [0.5, 0.6) is 0 Å². The van der Waals surface area contributed by atoms with Crippen LogP contribution < -0.4 is 0 Å². The van der Waals surface area contributed by atoms with Gasteiger partial charge in [0.1, 0.15) is 0 Å². The molecule has 0 heterocycles. The first-order valence-corrected chi connectivity index (χ1v) is 3.63. The van der Waals surface area contributed by atoms with Crippen LogP contribution in [0.15, 0.2) is 36.5 Å². The molecule has 68 valence electrons. The van der Waals surface area contributed by atoms with Crippen LogP contribution in [-0.2, 0) is 9.53 Å². The summed E-state index contributed by atoms with van der Waals surface area (Å²) < 4.78 is 4.47. The summed E-state index contributed by atoms with van der Waals surface area (Å²) in [5, 5.41) is 0. The molecule has 0 N–H and O–H groups in total. The minimum atomic E-state index is -0.510. The summed E-state index contributed by atoms with van der Waals surface area (Å²) in [6.07, 6.45) is 0. The molecule has 0 saturated heterocycles. The van der Waals surface area contributed by atoms with Crippen molar-refractivity contribution in [3.8, 4) is 11.8 Å². The highest BCUT2D eigenvalue weighted by atomic mass is 16.5. The highest BCUT2D eigenvalue weighted by molar-refractivity contribution is 5.94. The summed E-state index contributed by atoms with van der Waals surface area (Å²) in [5.74, 6) is 4.84. The molecule has 0 spiro atoms. The molecule has 0 aromatic rings. The summed E-state index contributed by atoms with van der Waals surface area (Å²) in [4.78, 5) is 11.0. The second-order valence-corrected chi connectivity index (χ2v) is 2.30. The molecule has 2 nitrogen and oxygen atoms in total. The van der Waals surface area contributed by atoms with Crippen molar-refractivity contribution in [3.63, 3.8) is 0 Å². The Labute approximate surface area is 78.6 Å². The molecule has 0 bridgehead atoms.